The molecule has 0 saturated carbocycles. The molecule has 2 heterocycles. The van der Waals surface area contributed by atoms with E-state index in [1.165, 1.54) is 17.4 Å². The Morgan fingerprint density at radius 2 is 1.93 bits per heavy atom. The summed E-state index contributed by atoms with van der Waals surface area (Å²) in [6, 6.07) is 12.9. The van der Waals surface area contributed by atoms with Crippen LogP contribution in [-0.2, 0) is 6.54 Å². The number of fused-ring (bicyclic) bond motifs is 1. The van der Waals surface area contributed by atoms with Crippen LogP contribution >= 0.6 is 23.1 Å². The zero-order valence-electron chi connectivity index (χ0n) is 15.1. The maximum atomic E-state index is 14.1. The van der Waals surface area contributed by atoms with E-state index in [-0.39, 0.29) is 11.7 Å². The Labute approximate surface area is 166 Å². The van der Waals surface area contributed by atoms with E-state index in [4.69, 9.17) is 0 Å². The van der Waals surface area contributed by atoms with Crippen molar-refractivity contribution in [2.45, 2.75) is 13.5 Å². The number of hydrogen-bond donors (Lipinski definition) is 1. The first-order valence-corrected chi connectivity index (χ1v) is 11.0. The second-order valence-corrected chi connectivity index (χ2v) is 8.95. The number of rotatable bonds is 4. The van der Waals surface area contributed by atoms with Crippen molar-refractivity contribution < 1.29 is 9.18 Å². The van der Waals surface area contributed by atoms with Crippen molar-refractivity contribution in [3.05, 3.63) is 64.3 Å². The van der Waals surface area contributed by atoms with Gasteiger partial charge in [-0.05, 0) is 36.2 Å². The molecule has 0 aliphatic carbocycles. The number of nitrogens with one attached hydrogen (secondary N) is 1. The highest BCUT2D eigenvalue weighted by Gasteiger charge is 2.19. The highest BCUT2D eigenvalue weighted by molar-refractivity contribution is 7.99. The van der Waals surface area contributed by atoms with Gasteiger partial charge in [0, 0.05) is 46.9 Å². The quantitative estimate of drug-likeness (QED) is 0.657. The van der Waals surface area contributed by atoms with Crippen LogP contribution in [0.1, 0.15) is 20.8 Å². The minimum absolute atomic E-state index is 0.172. The second-order valence-electron chi connectivity index (χ2n) is 6.67. The number of nitrogens with zero attached hydrogens (tertiary/aromatic N) is 1. The molecule has 27 heavy (non-hydrogen) atoms. The largest absolute Gasteiger partial charge is 0.321 e. The molecule has 1 N–H and O–H groups in total. The topological polar surface area (TPSA) is 32.3 Å². The summed E-state index contributed by atoms with van der Waals surface area (Å²) in [6.07, 6.45) is 0. The number of aryl methyl sites for hydroxylation is 1. The molecule has 0 spiro atoms. The number of thioether (sulfide) groups is 1. The van der Waals surface area contributed by atoms with E-state index in [1.807, 2.05) is 43.0 Å². The van der Waals surface area contributed by atoms with Crippen molar-refractivity contribution in [3.8, 4) is 0 Å². The van der Waals surface area contributed by atoms with E-state index in [0.717, 1.165) is 47.1 Å². The maximum absolute atomic E-state index is 14.1. The molecule has 1 amide bonds. The van der Waals surface area contributed by atoms with Crippen LogP contribution in [0.5, 0.6) is 0 Å². The van der Waals surface area contributed by atoms with Crippen LogP contribution in [-0.4, -0.2) is 35.4 Å². The van der Waals surface area contributed by atoms with Gasteiger partial charge in [-0.25, -0.2) is 4.39 Å². The molecule has 0 atom stereocenters. The highest BCUT2D eigenvalue weighted by atomic mass is 32.2. The van der Waals surface area contributed by atoms with E-state index >= 15 is 0 Å². The Hall–Kier alpha value is -1.89. The number of thiophene rings is 1. The fourth-order valence-electron chi connectivity index (χ4n) is 3.43. The normalized spacial score (nSPS) is 15.2. The van der Waals surface area contributed by atoms with Crippen molar-refractivity contribution in [2.75, 3.05) is 29.9 Å². The van der Waals surface area contributed by atoms with Crippen molar-refractivity contribution in [3.63, 3.8) is 0 Å². The van der Waals surface area contributed by atoms with Gasteiger partial charge in [-0.3, -0.25) is 9.69 Å². The third-order valence-corrected chi connectivity index (χ3v) is 7.07. The SMILES string of the molecule is Cc1c(C(=O)Nc2ccccc2CN2CCSCC2)sc2cccc(F)c12. The number of benzene rings is 2. The van der Waals surface area contributed by atoms with Gasteiger partial charge in [0.15, 0.2) is 0 Å². The van der Waals surface area contributed by atoms with Gasteiger partial charge in [0.1, 0.15) is 5.82 Å². The van der Waals surface area contributed by atoms with Gasteiger partial charge in [0.25, 0.3) is 5.91 Å². The first-order valence-electron chi connectivity index (χ1n) is 9.00. The molecule has 1 aliphatic rings. The maximum Gasteiger partial charge on any atom is 0.266 e. The third-order valence-electron chi connectivity index (χ3n) is 4.87. The van der Waals surface area contributed by atoms with Gasteiger partial charge in [0.2, 0.25) is 0 Å². The molecule has 140 valence electrons. The fourth-order valence-corrected chi connectivity index (χ4v) is 5.53. The van der Waals surface area contributed by atoms with Gasteiger partial charge in [-0.15, -0.1) is 11.3 Å². The molecule has 0 radical (unpaired) electrons. The minimum atomic E-state index is -0.274. The van der Waals surface area contributed by atoms with Gasteiger partial charge in [0.05, 0.1) is 4.88 Å². The lowest BCUT2D eigenvalue weighted by molar-refractivity contribution is 0.103. The van der Waals surface area contributed by atoms with Crippen LogP contribution in [0.3, 0.4) is 0 Å². The second kappa shape index (κ2) is 8.00. The molecule has 0 unspecified atom stereocenters. The van der Waals surface area contributed by atoms with Crippen LogP contribution in [0.2, 0.25) is 0 Å². The number of para-hydroxylation sites is 1. The summed E-state index contributed by atoms with van der Waals surface area (Å²) < 4.78 is 14.9. The summed E-state index contributed by atoms with van der Waals surface area (Å²) in [5, 5.41) is 3.60. The van der Waals surface area contributed by atoms with Crippen LogP contribution < -0.4 is 5.32 Å². The predicted octanol–water partition coefficient (Wildman–Crippen LogP) is 5.15. The lowest BCUT2D eigenvalue weighted by Gasteiger charge is -2.27. The Bertz CT molecular complexity index is 979. The van der Waals surface area contributed by atoms with Gasteiger partial charge in [-0.2, -0.15) is 11.8 Å². The van der Waals surface area contributed by atoms with E-state index in [9.17, 15) is 9.18 Å². The van der Waals surface area contributed by atoms with Crippen molar-refractivity contribution in [2.24, 2.45) is 0 Å². The fraction of sp³-hybridized carbons (Fsp3) is 0.286. The lowest BCUT2D eigenvalue weighted by atomic mass is 10.1. The summed E-state index contributed by atoms with van der Waals surface area (Å²) in [5.74, 6) is 1.86. The summed E-state index contributed by atoms with van der Waals surface area (Å²) in [6.45, 7) is 4.79. The summed E-state index contributed by atoms with van der Waals surface area (Å²) >= 11 is 3.33. The summed E-state index contributed by atoms with van der Waals surface area (Å²) in [7, 11) is 0. The molecule has 1 fully saturated rings. The number of halogens is 1. The van der Waals surface area contributed by atoms with Crippen LogP contribution in [0.15, 0.2) is 42.5 Å². The molecule has 3 nitrogen and oxygen atoms in total. The molecule has 6 heteroatoms. The van der Waals surface area contributed by atoms with Crippen molar-refractivity contribution in [1.29, 1.82) is 0 Å². The van der Waals surface area contributed by atoms with Gasteiger partial charge >= 0.3 is 0 Å². The number of carbonyl (C=O) groups is 1. The number of amides is 1. The number of hydrogen-bond acceptors (Lipinski definition) is 4. The molecule has 1 saturated heterocycles. The molecule has 2 aromatic carbocycles. The Kier molecular flexibility index (Phi) is 5.48. The van der Waals surface area contributed by atoms with Gasteiger partial charge < -0.3 is 5.32 Å². The monoisotopic (exact) mass is 400 g/mol. The predicted molar refractivity (Wildman–Crippen MR) is 114 cm³/mol. The van der Waals surface area contributed by atoms with Crippen molar-refractivity contribution in [1.82, 2.24) is 4.90 Å². The average Bonchev–Trinajstić information content (AvgIpc) is 3.02. The summed E-state index contributed by atoms with van der Waals surface area (Å²) in [4.78, 5) is 15.9. The standard InChI is InChI=1S/C21H21FN2OS2/c1-14-19-16(22)6-4-8-18(19)27-20(14)21(25)23-17-7-3-2-5-15(17)13-24-9-11-26-12-10-24/h2-8H,9-13H2,1H3,(H,23,25). The van der Waals surface area contributed by atoms with Crippen LogP contribution in [0.4, 0.5) is 10.1 Å². The first-order chi connectivity index (χ1) is 13.1. The zero-order valence-corrected chi connectivity index (χ0v) is 16.8. The molecular weight excluding hydrogens is 379 g/mol. The molecule has 0 bridgehead atoms. The number of carbonyl (C=O) groups excluding carboxylic acids is 1. The van der Waals surface area contributed by atoms with E-state index in [1.54, 1.807) is 6.07 Å². The van der Waals surface area contributed by atoms with Crippen molar-refractivity contribution >= 4 is 44.8 Å². The Balaban J connectivity index is 1.58. The van der Waals surface area contributed by atoms with E-state index in [0.29, 0.717) is 15.8 Å². The Morgan fingerprint density at radius 1 is 1.15 bits per heavy atom. The first kappa shape index (κ1) is 18.5. The highest BCUT2D eigenvalue weighted by Crippen LogP contribution is 2.33. The zero-order chi connectivity index (χ0) is 18.8. The Morgan fingerprint density at radius 3 is 2.70 bits per heavy atom. The van der Waals surface area contributed by atoms with E-state index in [2.05, 4.69) is 16.3 Å². The molecule has 1 aliphatic heterocycles. The third kappa shape index (κ3) is 3.88. The van der Waals surface area contributed by atoms with Crippen LogP contribution in [0.25, 0.3) is 10.1 Å². The molecular formula is C21H21FN2OS2. The lowest BCUT2D eigenvalue weighted by Crippen LogP contribution is -2.32. The molecule has 3 aromatic rings. The molecule has 1 aromatic heterocycles. The molecule has 4 rings (SSSR count). The van der Waals surface area contributed by atoms with Crippen LogP contribution in [0, 0.1) is 12.7 Å². The minimum Gasteiger partial charge on any atom is -0.321 e. The number of anilines is 1. The smallest absolute Gasteiger partial charge is 0.266 e. The summed E-state index contributed by atoms with van der Waals surface area (Å²) in [5.41, 5.74) is 2.65. The van der Waals surface area contributed by atoms with Gasteiger partial charge in [-0.1, -0.05) is 24.3 Å². The average molecular weight is 401 g/mol. The van der Waals surface area contributed by atoms with E-state index < -0.39 is 0 Å².